The summed E-state index contributed by atoms with van der Waals surface area (Å²) < 4.78 is 1.92. The molecule has 4 nitrogen and oxygen atoms in total. The van der Waals surface area contributed by atoms with Crippen LogP contribution in [0, 0.1) is 0 Å². The van der Waals surface area contributed by atoms with Gasteiger partial charge in [-0.15, -0.1) is 0 Å². The summed E-state index contributed by atoms with van der Waals surface area (Å²) in [5.74, 6) is 0. The van der Waals surface area contributed by atoms with Gasteiger partial charge in [-0.2, -0.15) is 5.10 Å². The van der Waals surface area contributed by atoms with Crippen LogP contribution in [0.4, 0.5) is 5.69 Å². The average molecular weight is 334 g/mol. The highest BCUT2D eigenvalue weighted by Crippen LogP contribution is 2.21. The first-order valence-corrected chi connectivity index (χ1v) is 9.22. The molecule has 0 amide bonds. The molecule has 1 N–H and O–H groups in total. The number of aromatic nitrogens is 2. The van der Waals surface area contributed by atoms with E-state index in [2.05, 4.69) is 63.8 Å². The smallest absolute Gasteiger partial charge is 0.0680 e. The number of aryl methyl sites for hydroxylation is 1. The molecule has 0 radical (unpaired) electrons. The highest BCUT2D eigenvalue weighted by atomic mass is 15.2. The molecule has 1 aromatic heterocycles. The van der Waals surface area contributed by atoms with Crippen LogP contribution in [0.2, 0.25) is 0 Å². The van der Waals surface area contributed by atoms with Crippen LogP contribution in [-0.2, 0) is 13.5 Å². The van der Waals surface area contributed by atoms with Crippen LogP contribution in [0.5, 0.6) is 0 Å². The molecule has 0 aliphatic carbocycles. The Morgan fingerprint density at radius 2 is 1.88 bits per heavy atom. The maximum Gasteiger partial charge on any atom is 0.0680 e. The predicted molar refractivity (Wildman–Crippen MR) is 104 cm³/mol. The molecule has 2 aromatic carbocycles. The van der Waals surface area contributed by atoms with E-state index in [-0.39, 0.29) is 0 Å². The predicted octanol–water partition coefficient (Wildman–Crippen LogP) is 3.69. The van der Waals surface area contributed by atoms with Crippen molar-refractivity contribution in [2.24, 2.45) is 7.05 Å². The van der Waals surface area contributed by atoms with E-state index in [9.17, 15) is 0 Å². The van der Waals surface area contributed by atoms with Crippen molar-refractivity contribution in [1.82, 2.24) is 14.7 Å². The minimum atomic E-state index is 0.571. The number of likely N-dealkylation sites (tertiary alicyclic amines) is 1. The van der Waals surface area contributed by atoms with Crippen molar-refractivity contribution >= 4 is 16.6 Å². The van der Waals surface area contributed by atoms with Crippen LogP contribution in [0.1, 0.15) is 18.4 Å². The van der Waals surface area contributed by atoms with E-state index in [1.165, 1.54) is 54.6 Å². The number of nitrogens with zero attached hydrogens (tertiary/aromatic N) is 3. The molecule has 1 aliphatic rings. The Labute approximate surface area is 149 Å². The largest absolute Gasteiger partial charge is 0.382 e. The van der Waals surface area contributed by atoms with Crippen LogP contribution in [0.15, 0.2) is 54.7 Å². The highest BCUT2D eigenvalue weighted by molar-refractivity contribution is 5.82. The van der Waals surface area contributed by atoms with E-state index in [4.69, 9.17) is 0 Å². The lowest BCUT2D eigenvalue weighted by Gasteiger charge is -2.33. The zero-order chi connectivity index (χ0) is 17.1. The topological polar surface area (TPSA) is 33.1 Å². The van der Waals surface area contributed by atoms with Crippen molar-refractivity contribution < 1.29 is 0 Å². The second-order valence-corrected chi connectivity index (χ2v) is 7.04. The number of piperidine rings is 1. The zero-order valence-electron chi connectivity index (χ0n) is 14.9. The first-order chi connectivity index (χ1) is 12.3. The number of anilines is 1. The van der Waals surface area contributed by atoms with Gasteiger partial charge in [0.2, 0.25) is 0 Å². The third-order valence-electron chi connectivity index (χ3n) is 5.26. The molecule has 0 saturated carbocycles. The monoisotopic (exact) mass is 334 g/mol. The summed E-state index contributed by atoms with van der Waals surface area (Å²) in [5.41, 5.74) is 3.83. The quantitative estimate of drug-likeness (QED) is 0.772. The molecular formula is C21H26N4. The summed E-state index contributed by atoms with van der Waals surface area (Å²) in [6.45, 7) is 3.53. The van der Waals surface area contributed by atoms with Crippen molar-refractivity contribution in [2.45, 2.75) is 25.3 Å². The zero-order valence-corrected chi connectivity index (χ0v) is 14.9. The molecule has 1 saturated heterocycles. The third-order valence-corrected chi connectivity index (χ3v) is 5.26. The normalized spacial score (nSPS) is 16.4. The SMILES string of the molecule is Cn1ncc2cc(NC3CCN(CCc4ccccc4)CC3)ccc21. The van der Waals surface area contributed by atoms with E-state index in [0.717, 1.165) is 6.42 Å². The summed E-state index contributed by atoms with van der Waals surface area (Å²) >= 11 is 0. The minimum Gasteiger partial charge on any atom is -0.382 e. The molecular weight excluding hydrogens is 308 g/mol. The van der Waals surface area contributed by atoms with Gasteiger partial charge in [0.15, 0.2) is 0 Å². The number of benzene rings is 2. The molecule has 2 heterocycles. The summed E-state index contributed by atoms with van der Waals surface area (Å²) in [6, 6.07) is 17.9. The fourth-order valence-electron chi connectivity index (χ4n) is 3.72. The minimum absolute atomic E-state index is 0.571. The number of hydrogen-bond acceptors (Lipinski definition) is 3. The molecule has 0 bridgehead atoms. The number of nitrogens with one attached hydrogen (secondary N) is 1. The lowest BCUT2D eigenvalue weighted by Crippen LogP contribution is -2.40. The van der Waals surface area contributed by atoms with Crippen LogP contribution in [0.3, 0.4) is 0 Å². The maximum atomic E-state index is 4.32. The van der Waals surface area contributed by atoms with Crippen LogP contribution >= 0.6 is 0 Å². The third kappa shape index (κ3) is 3.85. The van der Waals surface area contributed by atoms with Gasteiger partial charge >= 0.3 is 0 Å². The summed E-state index contributed by atoms with van der Waals surface area (Å²) in [7, 11) is 1.99. The number of hydrogen-bond donors (Lipinski definition) is 1. The number of rotatable bonds is 5. The Hall–Kier alpha value is -2.33. The van der Waals surface area contributed by atoms with Crippen molar-refractivity contribution in [3.63, 3.8) is 0 Å². The Bertz CT molecular complexity index is 816. The van der Waals surface area contributed by atoms with Crippen LogP contribution in [-0.4, -0.2) is 40.4 Å². The average Bonchev–Trinajstić information content (AvgIpc) is 3.02. The number of fused-ring (bicyclic) bond motifs is 1. The highest BCUT2D eigenvalue weighted by Gasteiger charge is 2.18. The second-order valence-electron chi connectivity index (χ2n) is 7.04. The van der Waals surface area contributed by atoms with Gasteiger partial charge in [0.05, 0.1) is 11.7 Å². The molecule has 1 aliphatic heterocycles. The van der Waals surface area contributed by atoms with Crippen molar-refractivity contribution in [1.29, 1.82) is 0 Å². The summed E-state index contributed by atoms with van der Waals surface area (Å²) in [5, 5.41) is 9.24. The van der Waals surface area contributed by atoms with Crippen LogP contribution < -0.4 is 5.32 Å². The fourth-order valence-corrected chi connectivity index (χ4v) is 3.72. The Morgan fingerprint density at radius 1 is 1.08 bits per heavy atom. The van der Waals surface area contributed by atoms with Gasteiger partial charge in [0.25, 0.3) is 0 Å². The molecule has 25 heavy (non-hydrogen) atoms. The van der Waals surface area contributed by atoms with E-state index in [1.54, 1.807) is 0 Å². The summed E-state index contributed by atoms with van der Waals surface area (Å²) in [4.78, 5) is 2.59. The Kier molecular flexibility index (Phi) is 4.70. The lowest BCUT2D eigenvalue weighted by atomic mass is 10.0. The Morgan fingerprint density at radius 3 is 2.68 bits per heavy atom. The standard InChI is InChI=1S/C21H26N4/c1-24-21-8-7-20(15-18(21)16-22-24)23-19-10-13-25(14-11-19)12-9-17-5-3-2-4-6-17/h2-8,15-16,19,23H,9-14H2,1H3. The second kappa shape index (κ2) is 7.28. The van der Waals surface area contributed by atoms with Crippen molar-refractivity contribution in [3.05, 3.63) is 60.3 Å². The van der Waals surface area contributed by atoms with Gasteiger partial charge in [-0.3, -0.25) is 4.68 Å². The first-order valence-electron chi connectivity index (χ1n) is 9.22. The van der Waals surface area contributed by atoms with Crippen LogP contribution in [0.25, 0.3) is 10.9 Å². The Balaban J connectivity index is 1.28. The molecule has 1 fully saturated rings. The molecule has 4 heteroatoms. The van der Waals surface area contributed by atoms with Gasteiger partial charge in [-0.1, -0.05) is 30.3 Å². The molecule has 0 unspecified atom stereocenters. The van der Waals surface area contributed by atoms with Gasteiger partial charge in [-0.05, 0) is 43.0 Å². The van der Waals surface area contributed by atoms with E-state index < -0.39 is 0 Å². The molecule has 130 valence electrons. The molecule has 4 rings (SSSR count). The first kappa shape index (κ1) is 16.2. The van der Waals surface area contributed by atoms with Gasteiger partial charge in [0.1, 0.15) is 0 Å². The lowest BCUT2D eigenvalue weighted by molar-refractivity contribution is 0.221. The molecule has 0 atom stereocenters. The van der Waals surface area contributed by atoms with E-state index in [0.29, 0.717) is 6.04 Å². The molecule has 0 spiro atoms. The van der Waals surface area contributed by atoms with Gasteiger partial charge in [-0.25, -0.2) is 0 Å². The molecule has 3 aromatic rings. The van der Waals surface area contributed by atoms with Gasteiger partial charge in [0, 0.05) is 43.8 Å². The van der Waals surface area contributed by atoms with Crippen molar-refractivity contribution in [2.75, 3.05) is 25.0 Å². The maximum absolute atomic E-state index is 4.32. The van der Waals surface area contributed by atoms with E-state index >= 15 is 0 Å². The summed E-state index contributed by atoms with van der Waals surface area (Å²) in [6.07, 6.45) is 5.50. The van der Waals surface area contributed by atoms with Gasteiger partial charge < -0.3 is 10.2 Å². The van der Waals surface area contributed by atoms with E-state index in [1.807, 2.05) is 17.9 Å². The van der Waals surface area contributed by atoms with Crippen molar-refractivity contribution in [3.8, 4) is 0 Å². The fraction of sp³-hybridized carbons (Fsp3) is 0.381.